The van der Waals surface area contributed by atoms with Crippen LogP contribution < -0.4 is 17.2 Å². The van der Waals surface area contributed by atoms with E-state index >= 15 is 0 Å². The minimum absolute atomic E-state index is 0.307. The summed E-state index contributed by atoms with van der Waals surface area (Å²) >= 11 is 0. The summed E-state index contributed by atoms with van der Waals surface area (Å²) in [7, 11) is 0. The number of nitrogens with two attached hydrogens (primary N) is 3. The minimum Gasteiger partial charge on any atom is -0.398 e. The molecule has 0 bridgehead atoms. The fourth-order valence-corrected chi connectivity index (χ4v) is 2.51. The molecule has 112 valence electrons. The Balaban J connectivity index is 2.32. The number of rotatable bonds is 3. The van der Waals surface area contributed by atoms with E-state index in [0.717, 1.165) is 42.8 Å². The second kappa shape index (κ2) is 6.88. The van der Waals surface area contributed by atoms with Crippen LogP contribution in [0.5, 0.6) is 0 Å². The lowest BCUT2D eigenvalue weighted by Crippen LogP contribution is -2.28. The van der Waals surface area contributed by atoms with Gasteiger partial charge in [-0.3, -0.25) is 0 Å². The van der Waals surface area contributed by atoms with Crippen LogP contribution in [-0.2, 0) is 0 Å². The van der Waals surface area contributed by atoms with Gasteiger partial charge in [-0.2, -0.15) is 0 Å². The van der Waals surface area contributed by atoms with Crippen LogP contribution in [0.25, 0.3) is 5.70 Å². The molecule has 0 amide bonds. The molecule has 21 heavy (non-hydrogen) atoms. The van der Waals surface area contributed by atoms with Gasteiger partial charge in [0.25, 0.3) is 0 Å². The molecule has 0 saturated carbocycles. The molecule has 1 aliphatic heterocycles. The van der Waals surface area contributed by atoms with Crippen LogP contribution in [-0.4, -0.2) is 18.0 Å². The Bertz CT molecular complexity index is 580. The van der Waals surface area contributed by atoms with Crippen molar-refractivity contribution in [2.45, 2.75) is 19.8 Å². The molecule has 0 saturated heterocycles. The first-order valence-corrected chi connectivity index (χ1v) is 7.28. The van der Waals surface area contributed by atoms with Gasteiger partial charge in [0, 0.05) is 24.4 Å². The molecule has 0 radical (unpaired) electrons. The van der Waals surface area contributed by atoms with Gasteiger partial charge in [-0.1, -0.05) is 36.4 Å². The quantitative estimate of drug-likeness (QED) is 0.586. The zero-order valence-electron chi connectivity index (χ0n) is 12.5. The highest BCUT2D eigenvalue weighted by Gasteiger charge is 2.12. The van der Waals surface area contributed by atoms with Gasteiger partial charge in [-0.15, -0.1) is 0 Å². The van der Waals surface area contributed by atoms with Gasteiger partial charge in [0.15, 0.2) is 0 Å². The standard InChI is InChI=1S/C17H24N4/c1-13-8-4-5-9-14(13)15(18)12-16(17(19)20)21-10-6-2-3-7-11-21/h2,4-6,8-9,12H,3,7,10-11,18-20H2,1H3/b15-12-. The lowest BCUT2D eigenvalue weighted by atomic mass is 10.1. The molecule has 0 spiro atoms. The first-order chi connectivity index (χ1) is 10.1. The number of hydrogen-bond acceptors (Lipinski definition) is 4. The van der Waals surface area contributed by atoms with E-state index in [0.29, 0.717) is 11.5 Å². The minimum atomic E-state index is 0.307. The Kier molecular flexibility index (Phi) is 4.93. The SMILES string of the molecule is Cc1ccccc1/C(N)=C/C(=C(N)N)N1CC=CCCC1. The van der Waals surface area contributed by atoms with E-state index in [9.17, 15) is 0 Å². The Hall–Kier alpha value is -2.36. The van der Waals surface area contributed by atoms with Gasteiger partial charge in [0.05, 0.1) is 5.70 Å². The van der Waals surface area contributed by atoms with Gasteiger partial charge >= 0.3 is 0 Å². The maximum Gasteiger partial charge on any atom is 0.118 e. The normalized spacial score (nSPS) is 15.7. The fourth-order valence-electron chi connectivity index (χ4n) is 2.51. The maximum absolute atomic E-state index is 6.25. The predicted molar refractivity (Wildman–Crippen MR) is 88.7 cm³/mol. The first kappa shape index (κ1) is 15.0. The fraction of sp³-hybridized carbons (Fsp3) is 0.294. The molecule has 4 nitrogen and oxygen atoms in total. The molecule has 6 N–H and O–H groups in total. The van der Waals surface area contributed by atoms with Crippen LogP contribution in [0.15, 0.2) is 54.0 Å². The molecular formula is C17H24N4. The van der Waals surface area contributed by atoms with Crippen molar-refractivity contribution in [3.05, 3.63) is 65.1 Å². The average Bonchev–Trinajstić information content (AvgIpc) is 2.73. The van der Waals surface area contributed by atoms with Gasteiger partial charge in [0.1, 0.15) is 5.82 Å². The van der Waals surface area contributed by atoms with Crippen molar-refractivity contribution in [2.24, 2.45) is 17.2 Å². The van der Waals surface area contributed by atoms with Gasteiger partial charge in [-0.25, -0.2) is 0 Å². The molecule has 1 aromatic carbocycles. The van der Waals surface area contributed by atoms with Gasteiger partial charge < -0.3 is 22.1 Å². The largest absolute Gasteiger partial charge is 0.398 e. The molecular weight excluding hydrogens is 260 g/mol. The van der Waals surface area contributed by atoms with E-state index in [2.05, 4.69) is 17.1 Å². The molecule has 0 aliphatic carbocycles. The maximum atomic E-state index is 6.25. The molecule has 4 heteroatoms. The highest BCUT2D eigenvalue weighted by Crippen LogP contribution is 2.19. The summed E-state index contributed by atoms with van der Waals surface area (Å²) in [5.41, 5.74) is 21.6. The van der Waals surface area contributed by atoms with E-state index in [1.807, 2.05) is 37.3 Å². The molecule has 1 aromatic rings. The van der Waals surface area contributed by atoms with E-state index in [1.165, 1.54) is 0 Å². The molecule has 1 heterocycles. The molecule has 0 fully saturated rings. The molecule has 0 unspecified atom stereocenters. The zero-order valence-corrected chi connectivity index (χ0v) is 12.5. The topological polar surface area (TPSA) is 81.3 Å². The summed E-state index contributed by atoms with van der Waals surface area (Å²) in [6, 6.07) is 8.03. The Labute approximate surface area is 126 Å². The summed E-state index contributed by atoms with van der Waals surface area (Å²) in [6.07, 6.45) is 8.40. The van der Waals surface area contributed by atoms with Crippen LogP contribution in [0.4, 0.5) is 0 Å². The highest BCUT2D eigenvalue weighted by molar-refractivity contribution is 5.67. The molecule has 0 aromatic heterocycles. The molecule has 0 atom stereocenters. The average molecular weight is 284 g/mol. The third-order valence-electron chi connectivity index (χ3n) is 3.68. The number of allylic oxidation sites excluding steroid dienone is 2. The van der Waals surface area contributed by atoms with Crippen molar-refractivity contribution in [1.29, 1.82) is 0 Å². The zero-order chi connectivity index (χ0) is 15.2. The van der Waals surface area contributed by atoms with Crippen LogP contribution in [0.2, 0.25) is 0 Å². The summed E-state index contributed by atoms with van der Waals surface area (Å²) in [5.74, 6) is 0.307. The van der Waals surface area contributed by atoms with Crippen LogP contribution >= 0.6 is 0 Å². The summed E-state index contributed by atoms with van der Waals surface area (Å²) < 4.78 is 0. The lowest BCUT2D eigenvalue weighted by molar-refractivity contribution is 0.388. The summed E-state index contributed by atoms with van der Waals surface area (Å²) in [4.78, 5) is 2.17. The van der Waals surface area contributed by atoms with Crippen LogP contribution in [0.1, 0.15) is 24.0 Å². The monoisotopic (exact) mass is 284 g/mol. The smallest absolute Gasteiger partial charge is 0.118 e. The second-order valence-electron chi connectivity index (χ2n) is 5.31. The number of nitrogens with zero attached hydrogens (tertiary/aromatic N) is 1. The number of aryl methyl sites for hydroxylation is 1. The van der Waals surface area contributed by atoms with Crippen molar-refractivity contribution in [3.8, 4) is 0 Å². The summed E-state index contributed by atoms with van der Waals surface area (Å²) in [5, 5.41) is 0. The first-order valence-electron chi connectivity index (χ1n) is 7.28. The molecule has 1 aliphatic rings. The highest BCUT2D eigenvalue weighted by atomic mass is 15.1. The van der Waals surface area contributed by atoms with Crippen LogP contribution in [0.3, 0.4) is 0 Å². The van der Waals surface area contributed by atoms with E-state index in [1.54, 1.807) is 0 Å². The van der Waals surface area contributed by atoms with Gasteiger partial charge in [0.2, 0.25) is 0 Å². The number of hydrogen-bond donors (Lipinski definition) is 3. The van der Waals surface area contributed by atoms with E-state index in [4.69, 9.17) is 17.2 Å². The third-order valence-corrected chi connectivity index (χ3v) is 3.68. The van der Waals surface area contributed by atoms with Crippen molar-refractivity contribution >= 4 is 5.70 Å². The van der Waals surface area contributed by atoms with E-state index in [-0.39, 0.29) is 0 Å². The van der Waals surface area contributed by atoms with Crippen molar-refractivity contribution in [1.82, 2.24) is 4.90 Å². The van der Waals surface area contributed by atoms with E-state index < -0.39 is 0 Å². The van der Waals surface area contributed by atoms with Gasteiger partial charge in [-0.05, 0) is 31.4 Å². The molecule has 2 rings (SSSR count). The second-order valence-corrected chi connectivity index (χ2v) is 5.31. The Morgan fingerprint density at radius 1 is 1.14 bits per heavy atom. The third kappa shape index (κ3) is 3.81. The van der Waals surface area contributed by atoms with Crippen molar-refractivity contribution in [2.75, 3.05) is 13.1 Å². The van der Waals surface area contributed by atoms with Crippen LogP contribution in [0, 0.1) is 6.92 Å². The predicted octanol–water partition coefficient (Wildman–Crippen LogP) is 2.03. The lowest BCUT2D eigenvalue weighted by Gasteiger charge is -2.24. The Morgan fingerprint density at radius 3 is 2.62 bits per heavy atom. The summed E-state index contributed by atoms with van der Waals surface area (Å²) in [6.45, 7) is 3.78. The number of benzene rings is 1. The Morgan fingerprint density at radius 2 is 1.90 bits per heavy atom. The van der Waals surface area contributed by atoms with Crippen molar-refractivity contribution in [3.63, 3.8) is 0 Å². The van der Waals surface area contributed by atoms with Crippen molar-refractivity contribution < 1.29 is 0 Å².